The number of anilines is 1. The molecular formula is C35H33N5O6. The van der Waals surface area contributed by atoms with E-state index in [0.717, 1.165) is 27.9 Å². The van der Waals surface area contributed by atoms with Crippen molar-refractivity contribution in [2.24, 2.45) is 0 Å². The van der Waals surface area contributed by atoms with Gasteiger partial charge in [-0.2, -0.15) is 0 Å². The van der Waals surface area contributed by atoms with E-state index in [1.165, 1.54) is 13.8 Å². The molecule has 3 aromatic carbocycles. The molecule has 0 aliphatic rings. The van der Waals surface area contributed by atoms with Crippen molar-refractivity contribution in [2.75, 3.05) is 19.0 Å². The summed E-state index contributed by atoms with van der Waals surface area (Å²) in [5, 5.41) is 32.9. The predicted molar refractivity (Wildman–Crippen MR) is 177 cm³/mol. The normalized spacial score (nSPS) is 12.7. The highest BCUT2D eigenvalue weighted by molar-refractivity contribution is 6.00. The van der Waals surface area contributed by atoms with Crippen molar-refractivity contribution in [3.8, 4) is 0 Å². The molecule has 0 bridgehead atoms. The second-order valence-corrected chi connectivity index (χ2v) is 11.2. The van der Waals surface area contributed by atoms with Gasteiger partial charge in [-0.05, 0) is 79.8 Å². The number of rotatable bonds is 10. The summed E-state index contributed by atoms with van der Waals surface area (Å²) in [4.78, 5) is 25.8. The van der Waals surface area contributed by atoms with E-state index >= 15 is 0 Å². The molecule has 0 saturated carbocycles. The number of allylic oxidation sites excluding steroid dienone is 2. The number of aromatic nitrogens is 2. The molecule has 0 aliphatic heterocycles. The molecule has 0 N–H and O–H groups in total. The number of nitro groups is 2. The Labute approximate surface area is 265 Å². The second kappa shape index (κ2) is 13.0. The lowest BCUT2D eigenvalue weighted by molar-refractivity contribution is -0.386. The van der Waals surface area contributed by atoms with Gasteiger partial charge in [0.1, 0.15) is 0 Å². The minimum Gasteiger partial charge on any atom is -0.378 e. The van der Waals surface area contributed by atoms with Crippen molar-refractivity contribution >= 4 is 40.4 Å². The molecule has 0 atom stereocenters. The van der Waals surface area contributed by atoms with Crippen LogP contribution in [0.5, 0.6) is 0 Å². The number of benzene rings is 3. The van der Waals surface area contributed by atoms with Crippen LogP contribution in [0.25, 0.3) is 23.3 Å². The van der Waals surface area contributed by atoms with E-state index in [1.54, 1.807) is 0 Å². The van der Waals surface area contributed by atoms with E-state index in [-0.39, 0.29) is 34.3 Å². The zero-order chi connectivity index (χ0) is 33.1. The maximum absolute atomic E-state index is 12.5. The van der Waals surface area contributed by atoms with Crippen molar-refractivity contribution in [3.05, 3.63) is 144 Å². The maximum atomic E-state index is 12.5. The molecule has 11 nitrogen and oxygen atoms in total. The van der Waals surface area contributed by atoms with Crippen LogP contribution in [0.3, 0.4) is 0 Å². The van der Waals surface area contributed by atoms with Crippen LogP contribution in [0.15, 0.2) is 81.8 Å². The van der Waals surface area contributed by atoms with Gasteiger partial charge in [-0.15, -0.1) is 0 Å². The first kappa shape index (κ1) is 31.6. The highest BCUT2D eigenvalue weighted by Crippen LogP contribution is 2.49. The standard InChI is InChI=1S/C35H33N5O6/c1-21-11-7-9-13-26(21)19-29(34-32(39(41)42)23(3)36-45-34)31(25-15-17-28(18-16-25)38(5)6)30(20-27-14-10-8-12-22(27)2)35-33(40(43)44)24(4)37-46-35/h7-20,31H,1-6H3/b29-19-,30-20-. The van der Waals surface area contributed by atoms with Crippen LogP contribution in [0, 0.1) is 47.9 Å². The van der Waals surface area contributed by atoms with E-state index in [4.69, 9.17) is 9.05 Å². The first-order valence-electron chi connectivity index (χ1n) is 14.5. The molecule has 234 valence electrons. The summed E-state index contributed by atoms with van der Waals surface area (Å²) < 4.78 is 11.5. The average molecular weight is 620 g/mol. The maximum Gasteiger partial charge on any atom is 0.339 e. The highest BCUT2D eigenvalue weighted by Gasteiger charge is 2.38. The molecule has 0 amide bonds. The zero-order valence-electron chi connectivity index (χ0n) is 26.3. The first-order chi connectivity index (χ1) is 22.0. The lowest BCUT2D eigenvalue weighted by atomic mass is 9.79. The van der Waals surface area contributed by atoms with Gasteiger partial charge in [0, 0.05) is 36.8 Å². The summed E-state index contributed by atoms with van der Waals surface area (Å²) in [6.45, 7) is 6.87. The van der Waals surface area contributed by atoms with E-state index in [9.17, 15) is 20.2 Å². The molecule has 11 heteroatoms. The summed E-state index contributed by atoms with van der Waals surface area (Å²) in [6.07, 6.45) is 3.63. The van der Waals surface area contributed by atoms with Crippen molar-refractivity contribution in [3.63, 3.8) is 0 Å². The fourth-order valence-electron chi connectivity index (χ4n) is 5.42. The van der Waals surface area contributed by atoms with Gasteiger partial charge < -0.3 is 13.9 Å². The summed E-state index contributed by atoms with van der Waals surface area (Å²) in [6, 6.07) is 22.8. The Hall–Kier alpha value is -5.84. The number of hydrogen-bond donors (Lipinski definition) is 0. The number of aryl methyl sites for hydroxylation is 4. The summed E-state index contributed by atoms with van der Waals surface area (Å²) in [5.41, 5.74) is 5.29. The molecule has 2 aromatic heterocycles. The Balaban J connectivity index is 1.95. The summed E-state index contributed by atoms with van der Waals surface area (Å²) >= 11 is 0. The van der Waals surface area contributed by atoms with Crippen LogP contribution in [0.2, 0.25) is 0 Å². The van der Waals surface area contributed by atoms with Crippen molar-refractivity contribution in [1.29, 1.82) is 0 Å². The smallest absolute Gasteiger partial charge is 0.339 e. The van der Waals surface area contributed by atoms with E-state index < -0.39 is 15.8 Å². The highest BCUT2D eigenvalue weighted by atomic mass is 16.6. The molecule has 0 aliphatic carbocycles. The molecule has 5 rings (SSSR count). The third-order valence-electron chi connectivity index (χ3n) is 7.92. The van der Waals surface area contributed by atoms with Gasteiger partial charge in [0.05, 0.1) is 9.85 Å². The molecule has 5 aromatic rings. The molecule has 0 radical (unpaired) electrons. The molecule has 0 spiro atoms. The number of hydrogen-bond acceptors (Lipinski definition) is 9. The van der Waals surface area contributed by atoms with E-state index in [1.807, 2.05) is 118 Å². The Bertz CT molecular complexity index is 1870. The van der Waals surface area contributed by atoms with Crippen molar-refractivity contribution in [2.45, 2.75) is 33.6 Å². The van der Waals surface area contributed by atoms with Gasteiger partial charge in [-0.3, -0.25) is 20.2 Å². The largest absolute Gasteiger partial charge is 0.378 e. The van der Waals surface area contributed by atoms with Crippen molar-refractivity contribution in [1.82, 2.24) is 10.3 Å². The number of nitrogens with zero attached hydrogens (tertiary/aromatic N) is 5. The third kappa shape index (κ3) is 6.20. The van der Waals surface area contributed by atoms with Gasteiger partial charge in [-0.25, -0.2) is 0 Å². The summed E-state index contributed by atoms with van der Waals surface area (Å²) in [7, 11) is 3.83. The van der Waals surface area contributed by atoms with Crippen LogP contribution < -0.4 is 4.90 Å². The van der Waals surface area contributed by atoms with E-state index in [0.29, 0.717) is 16.7 Å². The molecule has 46 heavy (non-hydrogen) atoms. The van der Waals surface area contributed by atoms with Crippen LogP contribution in [0.1, 0.15) is 56.6 Å². The third-order valence-corrected chi connectivity index (χ3v) is 7.92. The van der Waals surface area contributed by atoms with Crippen LogP contribution >= 0.6 is 0 Å². The monoisotopic (exact) mass is 619 g/mol. The van der Waals surface area contributed by atoms with E-state index in [2.05, 4.69) is 10.3 Å². The topological polar surface area (TPSA) is 142 Å². The molecule has 0 unspecified atom stereocenters. The predicted octanol–water partition coefficient (Wildman–Crippen LogP) is 8.34. The molecule has 2 heterocycles. The average Bonchev–Trinajstić information content (AvgIpc) is 3.60. The van der Waals surface area contributed by atoms with Crippen LogP contribution in [-0.2, 0) is 0 Å². The Morgan fingerprint density at radius 1 is 0.696 bits per heavy atom. The fourth-order valence-corrected chi connectivity index (χ4v) is 5.42. The second-order valence-electron chi connectivity index (χ2n) is 11.2. The Morgan fingerprint density at radius 3 is 1.48 bits per heavy atom. The van der Waals surface area contributed by atoms with Gasteiger partial charge in [0.2, 0.25) is 11.5 Å². The van der Waals surface area contributed by atoms with Crippen LogP contribution in [-0.4, -0.2) is 34.3 Å². The summed E-state index contributed by atoms with van der Waals surface area (Å²) in [5.74, 6) is -1.02. The SMILES string of the molecule is Cc1ccccc1/C=C(\c1onc(C)c1[N+](=O)[O-])C(/C(=C/c1ccccc1C)c1onc(C)c1[N+](=O)[O-])c1ccc(N(C)C)cc1. The Kier molecular flexibility index (Phi) is 8.94. The van der Waals surface area contributed by atoms with Gasteiger partial charge in [0.25, 0.3) is 0 Å². The van der Waals surface area contributed by atoms with Crippen LogP contribution in [0.4, 0.5) is 17.1 Å². The van der Waals surface area contributed by atoms with Gasteiger partial charge in [0.15, 0.2) is 11.4 Å². The fraction of sp³-hybridized carbons (Fsp3) is 0.200. The van der Waals surface area contributed by atoms with Crippen molar-refractivity contribution < 1.29 is 18.9 Å². The molecule has 0 saturated heterocycles. The minimum atomic E-state index is -0.882. The molecule has 0 fully saturated rings. The van der Waals surface area contributed by atoms with Gasteiger partial charge in [-0.1, -0.05) is 71.0 Å². The Morgan fingerprint density at radius 2 is 1.11 bits per heavy atom. The lowest BCUT2D eigenvalue weighted by Gasteiger charge is -2.23. The molecular weight excluding hydrogens is 586 g/mol. The minimum absolute atomic E-state index is 0.0676. The van der Waals surface area contributed by atoms with Gasteiger partial charge >= 0.3 is 11.4 Å². The first-order valence-corrected chi connectivity index (χ1v) is 14.5. The lowest BCUT2D eigenvalue weighted by Crippen LogP contribution is -2.10. The zero-order valence-corrected chi connectivity index (χ0v) is 26.3. The quantitative estimate of drug-likeness (QED) is 0.111.